The summed E-state index contributed by atoms with van der Waals surface area (Å²) >= 11 is 0. The van der Waals surface area contributed by atoms with Crippen molar-refractivity contribution in [2.45, 2.75) is 20.8 Å². The van der Waals surface area contributed by atoms with Gasteiger partial charge in [0.2, 0.25) is 5.95 Å². The van der Waals surface area contributed by atoms with Crippen LogP contribution in [0.3, 0.4) is 0 Å². The monoisotopic (exact) mass is 284 g/mol. The van der Waals surface area contributed by atoms with Crippen molar-refractivity contribution in [3.05, 3.63) is 35.4 Å². The third-order valence-corrected chi connectivity index (χ3v) is 3.70. The van der Waals surface area contributed by atoms with Crippen LogP contribution in [0.5, 0.6) is 0 Å². The van der Waals surface area contributed by atoms with Crippen LogP contribution in [-0.4, -0.2) is 29.6 Å². The van der Waals surface area contributed by atoms with E-state index in [4.69, 9.17) is 4.42 Å². The Kier molecular flexibility index (Phi) is 3.64. The zero-order chi connectivity index (χ0) is 14.8. The van der Waals surface area contributed by atoms with E-state index in [0.717, 1.165) is 42.3 Å². The Morgan fingerprint density at radius 1 is 1.33 bits per heavy atom. The summed E-state index contributed by atoms with van der Waals surface area (Å²) in [6, 6.07) is 1.99. The van der Waals surface area contributed by atoms with Crippen molar-refractivity contribution in [2.24, 2.45) is 0 Å². The molecule has 0 saturated carbocycles. The molecule has 1 aliphatic rings. The van der Waals surface area contributed by atoms with E-state index in [9.17, 15) is 0 Å². The minimum Gasteiger partial charge on any atom is -0.472 e. The first-order valence-corrected chi connectivity index (χ1v) is 7.33. The van der Waals surface area contributed by atoms with Gasteiger partial charge in [-0.05, 0) is 38.5 Å². The fraction of sp³-hybridized carbons (Fsp3) is 0.375. The maximum absolute atomic E-state index is 5.21. The van der Waals surface area contributed by atoms with Gasteiger partial charge in [-0.15, -0.1) is 0 Å². The minimum absolute atomic E-state index is 0.701. The van der Waals surface area contributed by atoms with Crippen LogP contribution >= 0.6 is 0 Å². The lowest BCUT2D eigenvalue weighted by molar-refractivity contribution is 0.566. The molecule has 3 rings (SSSR count). The van der Waals surface area contributed by atoms with Crippen molar-refractivity contribution in [1.82, 2.24) is 9.97 Å². The molecule has 0 aromatic carbocycles. The van der Waals surface area contributed by atoms with Crippen molar-refractivity contribution in [3.63, 3.8) is 0 Å². The van der Waals surface area contributed by atoms with E-state index in [-0.39, 0.29) is 0 Å². The molecule has 0 unspecified atom stereocenters. The summed E-state index contributed by atoms with van der Waals surface area (Å²) < 4.78 is 5.21. The van der Waals surface area contributed by atoms with Crippen molar-refractivity contribution in [2.75, 3.05) is 29.9 Å². The molecule has 0 spiro atoms. The molecule has 0 radical (unpaired) electrons. The zero-order valence-electron chi connectivity index (χ0n) is 12.7. The first-order valence-electron chi connectivity index (χ1n) is 7.33. The van der Waals surface area contributed by atoms with E-state index in [1.807, 2.05) is 19.9 Å². The summed E-state index contributed by atoms with van der Waals surface area (Å²) in [5, 5.41) is 3.20. The van der Waals surface area contributed by atoms with Crippen molar-refractivity contribution in [3.8, 4) is 0 Å². The normalized spacial score (nSPS) is 13.9. The molecule has 0 bridgehead atoms. The van der Waals surface area contributed by atoms with Gasteiger partial charge in [-0.25, -0.2) is 4.98 Å². The number of hydrogen-bond donors (Lipinski definition) is 1. The minimum atomic E-state index is 0.701. The average Bonchev–Trinajstić information content (AvgIpc) is 3.01. The predicted molar refractivity (Wildman–Crippen MR) is 85.4 cm³/mol. The Balaban J connectivity index is 2.09. The van der Waals surface area contributed by atoms with Gasteiger partial charge in [0, 0.05) is 30.8 Å². The lowest BCUT2D eigenvalue weighted by atomic mass is 10.0. The predicted octanol–water partition coefficient (Wildman–Crippen LogP) is 3.19. The van der Waals surface area contributed by atoms with Gasteiger partial charge in [0.15, 0.2) is 0 Å². The third kappa shape index (κ3) is 2.51. The maximum atomic E-state index is 5.21. The maximum Gasteiger partial charge on any atom is 0.224 e. The molecule has 0 aliphatic carbocycles. The molecule has 0 amide bonds. The average molecular weight is 284 g/mol. The molecule has 21 heavy (non-hydrogen) atoms. The van der Waals surface area contributed by atoms with E-state index in [2.05, 4.69) is 33.2 Å². The molecule has 0 fully saturated rings. The topological polar surface area (TPSA) is 54.2 Å². The number of nitrogens with zero attached hydrogens (tertiary/aromatic N) is 3. The van der Waals surface area contributed by atoms with Gasteiger partial charge in [-0.3, -0.25) is 0 Å². The lowest BCUT2D eigenvalue weighted by Crippen LogP contribution is -2.30. The second-order valence-electron chi connectivity index (χ2n) is 5.10. The quantitative estimate of drug-likeness (QED) is 0.934. The van der Waals surface area contributed by atoms with Crippen molar-refractivity contribution < 1.29 is 4.42 Å². The summed E-state index contributed by atoms with van der Waals surface area (Å²) in [6.07, 6.45) is 5.67. The van der Waals surface area contributed by atoms with Gasteiger partial charge in [0.25, 0.3) is 0 Å². The van der Waals surface area contributed by atoms with Crippen LogP contribution in [0, 0.1) is 6.92 Å². The van der Waals surface area contributed by atoms with E-state index in [1.165, 1.54) is 5.57 Å². The van der Waals surface area contributed by atoms with Crippen LogP contribution in [-0.2, 0) is 0 Å². The highest BCUT2D eigenvalue weighted by molar-refractivity contribution is 5.90. The van der Waals surface area contributed by atoms with Gasteiger partial charge in [0.1, 0.15) is 5.82 Å². The number of likely N-dealkylation sites (N-methyl/N-ethyl adjacent to an activating group) is 1. The molecule has 2 aromatic heterocycles. The standard InChI is InChI=1S/C16H20N4O/c1-4-17-16-18-11(3)14-8-13(12-6-7-21-10-12)9-20(5-2)15(14)19-16/h6-8,10H,4-5,9H2,1-3H3,(H,17,18,19). The molecule has 5 nitrogen and oxygen atoms in total. The lowest BCUT2D eigenvalue weighted by Gasteiger charge is -2.29. The van der Waals surface area contributed by atoms with E-state index < -0.39 is 0 Å². The van der Waals surface area contributed by atoms with E-state index in [1.54, 1.807) is 12.5 Å². The first kappa shape index (κ1) is 13.7. The van der Waals surface area contributed by atoms with Gasteiger partial charge in [-0.1, -0.05) is 0 Å². The van der Waals surface area contributed by atoms with Crippen LogP contribution < -0.4 is 10.2 Å². The number of anilines is 2. The summed E-state index contributed by atoms with van der Waals surface area (Å²) in [5.41, 5.74) is 4.45. The van der Waals surface area contributed by atoms with Crippen molar-refractivity contribution in [1.29, 1.82) is 0 Å². The Morgan fingerprint density at radius 3 is 2.86 bits per heavy atom. The molecule has 1 aliphatic heterocycles. The Hall–Kier alpha value is -2.30. The highest BCUT2D eigenvalue weighted by Crippen LogP contribution is 2.33. The Morgan fingerprint density at radius 2 is 2.19 bits per heavy atom. The van der Waals surface area contributed by atoms with E-state index >= 15 is 0 Å². The van der Waals surface area contributed by atoms with E-state index in [0.29, 0.717) is 5.95 Å². The highest BCUT2D eigenvalue weighted by Gasteiger charge is 2.22. The second kappa shape index (κ2) is 5.60. The first-order chi connectivity index (χ1) is 10.2. The number of aryl methyl sites for hydroxylation is 1. The SMILES string of the molecule is CCNc1nc(C)c2c(n1)N(CC)CC(c1ccoc1)=C2. The van der Waals surface area contributed by atoms with Gasteiger partial charge in [-0.2, -0.15) is 4.98 Å². The molecule has 1 N–H and O–H groups in total. The number of nitrogens with one attached hydrogen (secondary N) is 1. The largest absolute Gasteiger partial charge is 0.472 e. The van der Waals surface area contributed by atoms with Crippen LogP contribution in [0.1, 0.15) is 30.7 Å². The number of fused-ring (bicyclic) bond motifs is 1. The molecular weight excluding hydrogens is 264 g/mol. The molecule has 5 heteroatoms. The number of furan rings is 1. The zero-order valence-corrected chi connectivity index (χ0v) is 12.7. The summed E-state index contributed by atoms with van der Waals surface area (Å²) in [4.78, 5) is 11.5. The third-order valence-electron chi connectivity index (χ3n) is 3.70. The second-order valence-corrected chi connectivity index (χ2v) is 5.10. The summed E-state index contributed by atoms with van der Waals surface area (Å²) in [5.74, 6) is 1.71. The van der Waals surface area contributed by atoms with Gasteiger partial charge < -0.3 is 14.6 Å². The number of hydrogen-bond acceptors (Lipinski definition) is 5. The molecule has 3 heterocycles. The molecular formula is C16H20N4O. The molecule has 2 aromatic rings. The van der Waals surface area contributed by atoms with Crippen molar-refractivity contribution >= 4 is 23.4 Å². The Bertz CT molecular complexity index is 661. The van der Waals surface area contributed by atoms with Crippen LogP contribution in [0.4, 0.5) is 11.8 Å². The Labute approximate surface area is 124 Å². The van der Waals surface area contributed by atoms with Crippen LogP contribution in [0.25, 0.3) is 11.6 Å². The smallest absolute Gasteiger partial charge is 0.224 e. The highest BCUT2D eigenvalue weighted by atomic mass is 16.3. The number of aromatic nitrogens is 2. The summed E-state index contributed by atoms with van der Waals surface area (Å²) in [6.45, 7) is 8.79. The molecule has 110 valence electrons. The van der Waals surface area contributed by atoms with Crippen LogP contribution in [0.15, 0.2) is 23.0 Å². The molecule has 0 atom stereocenters. The molecule has 0 saturated heterocycles. The van der Waals surface area contributed by atoms with Crippen LogP contribution in [0.2, 0.25) is 0 Å². The van der Waals surface area contributed by atoms with Gasteiger partial charge in [0.05, 0.1) is 18.2 Å². The fourth-order valence-corrected chi connectivity index (χ4v) is 2.60. The summed E-state index contributed by atoms with van der Waals surface area (Å²) in [7, 11) is 0. The fourth-order valence-electron chi connectivity index (χ4n) is 2.60. The van der Waals surface area contributed by atoms with Gasteiger partial charge >= 0.3 is 0 Å². The number of rotatable bonds is 4.